The van der Waals surface area contributed by atoms with E-state index in [-0.39, 0.29) is 11.5 Å². The maximum absolute atomic E-state index is 11.2. The third kappa shape index (κ3) is 5.57. The molecule has 2 rings (SSSR count). The molecular formula is C18H26N2O6S2Si. The largest absolute Gasteiger partial charge is 0.380 e. The number of benzene rings is 2. The zero-order chi connectivity index (χ0) is 22.0. The minimum Gasteiger partial charge on any atom is -0.371 e. The van der Waals surface area contributed by atoms with E-state index < -0.39 is 28.7 Å². The lowest BCUT2D eigenvalue weighted by Crippen LogP contribution is -2.57. The molecule has 0 bridgehead atoms. The maximum Gasteiger partial charge on any atom is 0.380 e. The Morgan fingerprint density at radius 2 is 1.10 bits per heavy atom. The van der Waals surface area contributed by atoms with Gasteiger partial charge >= 0.3 is 20.6 Å². The Kier molecular flexibility index (Phi) is 6.80. The van der Waals surface area contributed by atoms with Crippen LogP contribution in [0.15, 0.2) is 36.4 Å². The average Bonchev–Trinajstić information content (AvgIpc) is 2.59. The summed E-state index contributed by atoms with van der Waals surface area (Å²) in [7, 11) is -10.4. The molecule has 2 aromatic carbocycles. The molecule has 0 saturated heterocycles. The maximum atomic E-state index is 11.2. The first-order valence-corrected chi connectivity index (χ1v) is 14.3. The number of rotatable bonds is 8. The third-order valence-corrected chi connectivity index (χ3v) is 11.1. The van der Waals surface area contributed by atoms with E-state index in [4.69, 9.17) is 18.6 Å². The van der Waals surface area contributed by atoms with Gasteiger partial charge in [-0.05, 0) is 37.1 Å². The van der Waals surface area contributed by atoms with Crippen molar-refractivity contribution in [2.24, 2.45) is 10.3 Å². The molecule has 0 atom stereocenters. The van der Waals surface area contributed by atoms with Crippen LogP contribution in [0.2, 0.25) is 12.1 Å². The Labute approximate surface area is 173 Å². The summed E-state index contributed by atoms with van der Waals surface area (Å²) in [5, 5.41) is 12.2. The highest BCUT2D eigenvalue weighted by molar-refractivity contribution is 7.85. The molecule has 0 spiro atoms. The molecule has 0 amide bonds. The fourth-order valence-electron chi connectivity index (χ4n) is 3.56. The molecule has 29 heavy (non-hydrogen) atoms. The predicted molar refractivity (Wildman–Crippen MR) is 116 cm³/mol. The van der Waals surface area contributed by atoms with Crippen molar-refractivity contribution in [2.75, 3.05) is 0 Å². The smallest absolute Gasteiger partial charge is 0.371 e. The Bertz CT molecular complexity index is 1030. The van der Waals surface area contributed by atoms with E-state index in [1.165, 1.54) is 0 Å². The molecule has 8 nitrogen and oxygen atoms in total. The quantitative estimate of drug-likeness (QED) is 0.567. The first kappa shape index (κ1) is 23.4. The lowest BCUT2D eigenvalue weighted by atomic mass is 10.2. The summed E-state index contributed by atoms with van der Waals surface area (Å²) in [6.07, 6.45) is 0. The first-order chi connectivity index (χ1) is 13.3. The summed E-state index contributed by atoms with van der Waals surface area (Å²) < 4.78 is 54.6. The van der Waals surface area contributed by atoms with E-state index >= 15 is 0 Å². The SMILES string of the molecule is CC[Si](CC)(c1ccc(OS(N)(=O)=O)c(C)c1)c1ccc(OS(N)(=O)=O)c(C)c1. The second-order valence-corrected chi connectivity index (χ2v) is 13.9. The Hall–Kier alpha value is -1.92. The van der Waals surface area contributed by atoms with Crippen molar-refractivity contribution in [3.63, 3.8) is 0 Å². The van der Waals surface area contributed by atoms with Gasteiger partial charge in [0.15, 0.2) is 0 Å². The molecule has 0 radical (unpaired) electrons. The Balaban J connectivity index is 2.54. The Morgan fingerprint density at radius 3 is 1.34 bits per heavy atom. The van der Waals surface area contributed by atoms with Crippen molar-refractivity contribution >= 4 is 39.1 Å². The summed E-state index contributed by atoms with van der Waals surface area (Å²) in [6.45, 7) is 7.76. The van der Waals surface area contributed by atoms with E-state index in [1.807, 2.05) is 24.3 Å². The van der Waals surface area contributed by atoms with Crippen molar-refractivity contribution in [1.82, 2.24) is 0 Å². The minimum absolute atomic E-state index is 0.194. The lowest BCUT2D eigenvalue weighted by molar-refractivity contribution is 0.484. The van der Waals surface area contributed by atoms with E-state index in [9.17, 15) is 16.8 Å². The van der Waals surface area contributed by atoms with E-state index in [2.05, 4.69) is 13.8 Å². The van der Waals surface area contributed by atoms with Gasteiger partial charge in [0.25, 0.3) is 0 Å². The van der Waals surface area contributed by atoms with Gasteiger partial charge in [-0.25, -0.2) is 0 Å². The highest BCUT2D eigenvalue weighted by atomic mass is 32.2. The van der Waals surface area contributed by atoms with Gasteiger partial charge in [0.05, 0.1) is 0 Å². The highest BCUT2D eigenvalue weighted by Crippen LogP contribution is 2.24. The fourth-order valence-corrected chi connectivity index (χ4v) is 8.70. The molecule has 0 aliphatic carbocycles. The van der Waals surface area contributed by atoms with Crippen molar-refractivity contribution in [3.05, 3.63) is 47.5 Å². The van der Waals surface area contributed by atoms with Crippen molar-refractivity contribution in [1.29, 1.82) is 0 Å². The molecule has 11 heteroatoms. The van der Waals surface area contributed by atoms with Crippen molar-refractivity contribution in [3.8, 4) is 11.5 Å². The van der Waals surface area contributed by atoms with Crippen LogP contribution in [0.4, 0.5) is 0 Å². The second kappa shape index (κ2) is 8.44. The van der Waals surface area contributed by atoms with Gasteiger partial charge in [0.2, 0.25) is 0 Å². The average molecular weight is 459 g/mol. The van der Waals surface area contributed by atoms with Gasteiger partial charge in [0, 0.05) is 0 Å². The van der Waals surface area contributed by atoms with E-state index in [1.54, 1.807) is 26.0 Å². The molecule has 160 valence electrons. The van der Waals surface area contributed by atoms with Gasteiger partial charge in [-0.15, -0.1) is 0 Å². The molecular weight excluding hydrogens is 432 g/mol. The zero-order valence-electron chi connectivity index (χ0n) is 16.8. The number of nitrogens with two attached hydrogens (primary N) is 2. The summed E-state index contributed by atoms with van der Waals surface area (Å²) in [5.41, 5.74) is 1.34. The van der Waals surface area contributed by atoms with Crippen LogP contribution >= 0.6 is 0 Å². The van der Waals surface area contributed by atoms with Gasteiger partial charge in [-0.2, -0.15) is 27.1 Å². The molecule has 0 heterocycles. The predicted octanol–water partition coefficient (Wildman–Crippen LogP) is 1.07. The van der Waals surface area contributed by atoms with Crippen LogP contribution in [0, 0.1) is 13.8 Å². The summed E-state index contributed by atoms with van der Waals surface area (Å²) in [5.74, 6) is 0.388. The molecule has 0 aliphatic rings. The molecule has 0 saturated carbocycles. The number of hydrogen-bond donors (Lipinski definition) is 2. The summed E-state index contributed by atoms with van der Waals surface area (Å²) in [6, 6.07) is 12.6. The Morgan fingerprint density at radius 1 is 0.759 bits per heavy atom. The van der Waals surface area contributed by atoms with Crippen LogP contribution in [0.25, 0.3) is 0 Å². The monoisotopic (exact) mass is 458 g/mol. The zero-order valence-corrected chi connectivity index (χ0v) is 19.4. The fraction of sp³-hybridized carbons (Fsp3) is 0.333. The number of hydrogen-bond acceptors (Lipinski definition) is 6. The van der Waals surface area contributed by atoms with Crippen LogP contribution in [0.1, 0.15) is 25.0 Å². The summed E-state index contributed by atoms with van der Waals surface area (Å²) in [4.78, 5) is 0. The molecule has 0 fully saturated rings. The highest BCUT2D eigenvalue weighted by Gasteiger charge is 2.34. The molecule has 0 aromatic heterocycles. The van der Waals surface area contributed by atoms with Crippen LogP contribution in [0.5, 0.6) is 11.5 Å². The minimum atomic E-state index is -4.10. The van der Waals surface area contributed by atoms with E-state index in [0.717, 1.165) is 22.5 Å². The van der Waals surface area contributed by atoms with Crippen LogP contribution in [0.3, 0.4) is 0 Å². The van der Waals surface area contributed by atoms with Gasteiger partial charge < -0.3 is 8.37 Å². The standard InChI is InChI=1S/C18H26N2O6S2Si/c1-5-29(6-2,15-7-9-17(13(3)11-15)25-27(19,21)22)16-8-10-18(14(4)12-16)26-28(20,23)24/h7-12H,5-6H2,1-4H3,(H2,19,21,22)(H2,20,23,24). The van der Waals surface area contributed by atoms with Crippen LogP contribution in [-0.4, -0.2) is 24.9 Å². The molecule has 0 unspecified atom stereocenters. The topological polar surface area (TPSA) is 139 Å². The molecule has 0 aliphatic heterocycles. The summed E-state index contributed by atoms with van der Waals surface area (Å²) >= 11 is 0. The van der Waals surface area contributed by atoms with Gasteiger partial charge in [-0.3, -0.25) is 0 Å². The van der Waals surface area contributed by atoms with Gasteiger partial charge in [0.1, 0.15) is 19.6 Å². The molecule has 2 aromatic rings. The van der Waals surface area contributed by atoms with Crippen LogP contribution < -0.4 is 29.0 Å². The molecule has 4 N–H and O–H groups in total. The van der Waals surface area contributed by atoms with Crippen molar-refractivity contribution < 1.29 is 25.2 Å². The van der Waals surface area contributed by atoms with E-state index in [0.29, 0.717) is 11.1 Å². The van der Waals surface area contributed by atoms with Crippen LogP contribution in [-0.2, 0) is 20.6 Å². The second-order valence-electron chi connectivity index (χ2n) is 6.90. The third-order valence-electron chi connectivity index (χ3n) is 5.07. The number of aryl methyl sites for hydroxylation is 2. The lowest BCUT2D eigenvalue weighted by Gasteiger charge is -2.32. The normalized spacial score (nSPS) is 12.6. The first-order valence-electron chi connectivity index (χ1n) is 8.98. The van der Waals surface area contributed by atoms with Gasteiger partial charge in [-0.1, -0.05) is 60.6 Å². The van der Waals surface area contributed by atoms with Crippen molar-refractivity contribution in [2.45, 2.75) is 39.8 Å².